The minimum atomic E-state index is -1.09. The summed E-state index contributed by atoms with van der Waals surface area (Å²) in [6.45, 7) is 8.84. The molecule has 158 valence electrons. The molecule has 2 N–H and O–H groups in total. The van der Waals surface area contributed by atoms with Gasteiger partial charge in [0.2, 0.25) is 0 Å². The minimum absolute atomic E-state index is 0.262. The zero-order chi connectivity index (χ0) is 21.7. The van der Waals surface area contributed by atoms with Crippen molar-refractivity contribution in [1.29, 1.82) is 0 Å². The van der Waals surface area contributed by atoms with E-state index < -0.39 is 29.6 Å². The molecule has 1 aromatic heterocycles. The number of carboxylic acids is 1. The summed E-state index contributed by atoms with van der Waals surface area (Å²) in [7, 11) is 0. The van der Waals surface area contributed by atoms with E-state index >= 15 is 0 Å². The molecule has 0 aliphatic carbocycles. The lowest BCUT2D eigenvalue weighted by molar-refractivity contribution is -0.144. The van der Waals surface area contributed by atoms with Gasteiger partial charge in [-0.15, -0.1) is 0 Å². The molecule has 0 bridgehead atoms. The number of ether oxygens (including phenoxy) is 1. The zero-order valence-electron chi connectivity index (χ0n) is 17.6. The summed E-state index contributed by atoms with van der Waals surface area (Å²) in [6, 6.07) is 4.09. The van der Waals surface area contributed by atoms with Crippen molar-refractivity contribution in [3.05, 3.63) is 39.7 Å². The number of hydrogen-bond donors (Lipinski definition) is 2. The van der Waals surface area contributed by atoms with Crippen molar-refractivity contribution in [3.63, 3.8) is 0 Å². The SMILES string of the molecule is CCCCc1cc(=O)oc2c(C)c(O[C@H](C)C(=O)N[C@H](C(=O)O)C(C)C)ccc12. The van der Waals surface area contributed by atoms with Crippen molar-refractivity contribution < 1.29 is 23.8 Å². The van der Waals surface area contributed by atoms with Crippen LogP contribution < -0.4 is 15.7 Å². The smallest absolute Gasteiger partial charge is 0.336 e. The van der Waals surface area contributed by atoms with Crippen molar-refractivity contribution in [3.8, 4) is 5.75 Å². The number of fused-ring (bicyclic) bond motifs is 1. The van der Waals surface area contributed by atoms with Crippen LogP contribution in [0, 0.1) is 12.8 Å². The van der Waals surface area contributed by atoms with Crippen molar-refractivity contribution in [2.24, 2.45) is 5.92 Å². The molecule has 0 fully saturated rings. The molecule has 0 aliphatic rings. The molecule has 0 saturated heterocycles. The van der Waals surface area contributed by atoms with Crippen LogP contribution in [-0.2, 0) is 16.0 Å². The Morgan fingerprint density at radius 2 is 1.93 bits per heavy atom. The van der Waals surface area contributed by atoms with Gasteiger partial charge in [-0.1, -0.05) is 27.2 Å². The molecule has 0 unspecified atom stereocenters. The number of carboxylic acid groups (broad SMARTS) is 1. The average molecular weight is 403 g/mol. The van der Waals surface area contributed by atoms with Gasteiger partial charge in [0, 0.05) is 17.0 Å². The highest BCUT2D eigenvalue weighted by Gasteiger charge is 2.27. The van der Waals surface area contributed by atoms with Gasteiger partial charge in [0.1, 0.15) is 17.4 Å². The van der Waals surface area contributed by atoms with Gasteiger partial charge in [-0.2, -0.15) is 0 Å². The van der Waals surface area contributed by atoms with E-state index in [2.05, 4.69) is 12.2 Å². The van der Waals surface area contributed by atoms with E-state index in [-0.39, 0.29) is 5.92 Å². The highest BCUT2D eigenvalue weighted by molar-refractivity contribution is 5.87. The number of rotatable bonds is 9. The third-order valence-electron chi connectivity index (χ3n) is 4.90. The normalized spacial score (nSPS) is 13.3. The molecule has 0 spiro atoms. The maximum absolute atomic E-state index is 12.4. The fourth-order valence-electron chi connectivity index (χ4n) is 3.14. The van der Waals surface area contributed by atoms with Crippen LogP contribution in [0.25, 0.3) is 11.0 Å². The van der Waals surface area contributed by atoms with E-state index in [1.54, 1.807) is 33.8 Å². The molecular formula is C22H29NO6. The Bertz CT molecular complexity index is 946. The molecule has 0 radical (unpaired) electrons. The van der Waals surface area contributed by atoms with Gasteiger partial charge in [0.25, 0.3) is 5.91 Å². The molecule has 2 aromatic rings. The van der Waals surface area contributed by atoms with Gasteiger partial charge < -0.3 is 19.6 Å². The fourth-order valence-corrected chi connectivity index (χ4v) is 3.14. The Labute approximate surface area is 170 Å². The molecular weight excluding hydrogens is 374 g/mol. The Hall–Kier alpha value is -2.83. The zero-order valence-corrected chi connectivity index (χ0v) is 17.6. The summed E-state index contributed by atoms with van der Waals surface area (Å²) in [6.07, 6.45) is 1.85. The largest absolute Gasteiger partial charge is 0.480 e. The van der Waals surface area contributed by atoms with Gasteiger partial charge in [0.05, 0.1) is 0 Å². The molecule has 1 aromatic carbocycles. The number of unbranched alkanes of at least 4 members (excludes halogenated alkanes) is 1. The quantitative estimate of drug-likeness (QED) is 0.621. The molecule has 7 nitrogen and oxygen atoms in total. The molecule has 0 saturated carbocycles. The number of amides is 1. The summed E-state index contributed by atoms with van der Waals surface area (Å²) in [4.78, 5) is 35.7. The Morgan fingerprint density at radius 1 is 1.24 bits per heavy atom. The highest BCUT2D eigenvalue weighted by atomic mass is 16.5. The number of aliphatic carboxylic acids is 1. The minimum Gasteiger partial charge on any atom is -0.480 e. The summed E-state index contributed by atoms with van der Waals surface area (Å²) in [5.41, 5.74) is 1.58. The number of carbonyl (C=O) groups excluding carboxylic acids is 1. The van der Waals surface area contributed by atoms with Crippen LogP contribution in [0.2, 0.25) is 0 Å². The summed E-state index contributed by atoms with van der Waals surface area (Å²) in [5.74, 6) is -1.47. The third kappa shape index (κ3) is 5.37. The lowest BCUT2D eigenvalue weighted by atomic mass is 10.0. The maximum Gasteiger partial charge on any atom is 0.336 e. The topological polar surface area (TPSA) is 106 Å². The van der Waals surface area contributed by atoms with Crippen LogP contribution in [0.5, 0.6) is 5.75 Å². The molecule has 2 rings (SSSR count). The Balaban J connectivity index is 2.28. The summed E-state index contributed by atoms with van der Waals surface area (Å²) < 4.78 is 11.2. The number of nitrogens with one attached hydrogen (secondary N) is 1. The van der Waals surface area contributed by atoms with Gasteiger partial charge in [-0.3, -0.25) is 4.79 Å². The Kier molecular flexibility index (Phi) is 7.42. The van der Waals surface area contributed by atoms with Crippen LogP contribution >= 0.6 is 0 Å². The van der Waals surface area contributed by atoms with E-state index in [0.717, 1.165) is 30.2 Å². The lowest BCUT2D eigenvalue weighted by Gasteiger charge is -2.22. The van der Waals surface area contributed by atoms with Crippen LogP contribution in [-0.4, -0.2) is 29.1 Å². The van der Waals surface area contributed by atoms with Crippen LogP contribution in [0.4, 0.5) is 0 Å². The first-order chi connectivity index (χ1) is 13.6. The van der Waals surface area contributed by atoms with Gasteiger partial charge >= 0.3 is 11.6 Å². The molecule has 2 atom stereocenters. The molecule has 1 amide bonds. The van der Waals surface area contributed by atoms with E-state index in [1.807, 2.05) is 6.07 Å². The number of carbonyl (C=O) groups is 2. The van der Waals surface area contributed by atoms with E-state index in [4.69, 9.17) is 9.15 Å². The monoisotopic (exact) mass is 403 g/mol. The van der Waals surface area contributed by atoms with Crippen LogP contribution in [0.1, 0.15) is 51.7 Å². The highest BCUT2D eigenvalue weighted by Crippen LogP contribution is 2.29. The molecule has 0 aliphatic heterocycles. The summed E-state index contributed by atoms with van der Waals surface area (Å²) >= 11 is 0. The molecule has 29 heavy (non-hydrogen) atoms. The lowest BCUT2D eigenvalue weighted by Crippen LogP contribution is -2.48. The average Bonchev–Trinajstić information content (AvgIpc) is 2.65. The predicted molar refractivity (Wildman–Crippen MR) is 110 cm³/mol. The van der Waals surface area contributed by atoms with Gasteiger partial charge in [-0.05, 0) is 50.3 Å². The van der Waals surface area contributed by atoms with Crippen molar-refractivity contribution in [2.75, 3.05) is 0 Å². The predicted octanol–water partition coefficient (Wildman–Crippen LogP) is 3.44. The molecule has 1 heterocycles. The van der Waals surface area contributed by atoms with Crippen LogP contribution in [0.3, 0.4) is 0 Å². The van der Waals surface area contributed by atoms with Crippen molar-refractivity contribution in [2.45, 2.75) is 66.0 Å². The first-order valence-electron chi connectivity index (χ1n) is 9.91. The van der Waals surface area contributed by atoms with Gasteiger partial charge in [-0.25, -0.2) is 9.59 Å². The number of aryl methyl sites for hydroxylation is 2. The first-order valence-corrected chi connectivity index (χ1v) is 9.91. The summed E-state index contributed by atoms with van der Waals surface area (Å²) in [5, 5.41) is 12.6. The second-order valence-electron chi connectivity index (χ2n) is 7.59. The van der Waals surface area contributed by atoms with E-state index in [0.29, 0.717) is 16.9 Å². The maximum atomic E-state index is 12.4. The van der Waals surface area contributed by atoms with E-state index in [1.165, 1.54) is 6.07 Å². The fraction of sp³-hybridized carbons (Fsp3) is 0.500. The van der Waals surface area contributed by atoms with Crippen molar-refractivity contribution in [1.82, 2.24) is 5.32 Å². The first kappa shape index (κ1) is 22.5. The van der Waals surface area contributed by atoms with E-state index in [9.17, 15) is 19.5 Å². The van der Waals surface area contributed by atoms with Crippen molar-refractivity contribution >= 4 is 22.8 Å². The second-order valence-corrected chi connectivity index (χ2v) is 7.59. The third-order valence-corrected chi connectivity index (χ3v) is 4.90. The number of benzene rings is 1. The standard InChI is InChI=1S/C22H29NO6/c1-6-7-8-15-11-18(24)29-20-13(4)17(10-9-16(15)20)28-14(5)21(25)23-19(12(2)3)22(26)27/h9-12,14,19H,6-8H2,1-5H3,(H,23,25)(H,26,27)/t14-,19+/m1/s1. The van der Waals surface area contributed by atoms with Crippen LogP contribution in [0.15, 0.2) is 27.4 Å². The Morgan fingerprint density at radius 3 is 2.52 bits per heavy atom. The second kappa shape index (κ2) is 9.58. The van der Waals surface area contributed by atoms with Gasteiger partial charge in [0.15, 0.2) is 6.10 Å². The number of hydrogen-bond acceptors (Lipinski definition) is 5. The molecule has 7 heteroatoms.